The van der Waals surface area contributed by atoms with Gasteiger partial charge in [0.25, 0.3) is 0 Å². The van der Waals surface area contributed by atoms with Crippen molar-refractivity contribution in [1.82, 2.24) is 10.1 Å². The Morgan fingerprint density at radius 2 is 2.16 bits per heavy atom. The van der Waals surface area contributed by atoms with Gasteiger partial charge < -0.3 is 10.3 Å². The van der Waals surface area contributed by atoms with Gasteiger partial charge in [-0.05, 0) is 25.5 Å². The van der Waals surface area contributed by atoms with E-state index in [1.54, 1.807) is 12.1 Å². The van der Waals surface area contributed by atoms with Crippen LogP contribution in [0, 0.1) is 5.82 Å². The summed E-state index contributed by atoms with van der Waals surface area (Å²) in [6, 6.07) is 4.83. The van der Waals surface area contributed by atoms with Crippen LogP contribution in [0.1, 0.15) is 31.1 Å². The van der Waals surface area contributed by atoms with Crippen LogP contribution in [-0.4, -0.2) is 15.7 Å². The van der Waals surface area contributed by atoms with Crippen LogP contribution in [0.5, 0.6) is 0 Å². The summed E-state index contributed by atoms with van der Waals surface area (Å²) in [4.78, 5) is 4.19. The van der Waals surface area contributed by atoms with Crippen molar-refractivity contribution in [2.75, 3.05) is 0 Å². The van der Waals surface area contributed by atoms with E-state index in [9.17, 15) is 4.39 Å². The number of aromatic nitrogens is 2. The summed E-state index contributed by atoms with van der Waals surface area (Å²) in [5, 5.41) is 3.90. The molecule has 2 N–H and O–H groups in total. The van der Waals surface area contributed by atoms with Gasteiger partial charge in [-0.25, -0.2) is 4.39 Å². The minimum absolute atomic E-state index is 0.0873. The minimum Gasteiger partial charge on any atom is -0.339 e. The SMILES string of the molecule is CC(C)(N)Cc1nc(Cc2cccc(Cl)c2F)no1. The topological polar surface area (TPSA) is 64.9 Å². The maximum atomic E-state index is 13.7. The van der Waals surface area contributed by atoms with E-state index in [1.807, 2.05) is 13.8 Å². The van der Waals surface area contributed by atoms with Crippen LogP contribution in [-0.2, 0) is 12.8 Å². The van der Waals surface area contributed by atoms with Crippen LogP contribution in [0.25, 0.3) is 0 Å². The highest BCUT2D eigenvalue weighted by Crippen LogP contribution is 2.20. The van der Waals surface area contributed by atoms with Crippen molar-refractivity contribution in [1.29, 1.82) is 0 Å². The molecule has 0 bridgehead atoms. The molecule has 1 heterocycles. The number of benzene rings is 1. The average molecular weight is 284 g/mol. The van der Waals surface area contributed by atoms with Crippen LogP contribution in [0.4, 0.5) is 4.39 Å². The number of halogens is 2. The monoisotopic (exact) mass is 283 g/mol. The summed E-state index contributed by atoms with van der Waals surface area (Å²) in [5.74, 6) is 0.417. The Hall–Kier alpha value is -1.46. The summed E-state index contributed by atoms with van der Waals surface area (Å²) < 4.78 is 18.8. The molecule has 0 amide bonds. The van der Waals surface area contributed by atoms with Gasteiger partial charge in [-0.15, -0.1) is 0 Å². The highest BCUT2D eigenvalue weighted by atomic mass is 35.5. The highest BCUT2D eigenvalue weighted by Gasteiger charge is 2.18. The molecule has 0 unspecified atom stereocenters. The normalized spacial score (nSPS) is 11.8. The fourth-order valence-corrected chi connectivity index (χ4v) is 1.87. The molecule has 2 aromatic rings. The van der Waals surface area contributed by atoms with Crippen molar-refractivity contribution in [2.24, 2.45) is 5.73 Å². The Balaban J connectivity index is 2.14. The Kier molecular flexibility index (Phi) is 3.87. The summed E-state index contributed by atoms with van der Waals surface area (Å²) in [7, 11) is 0. The third-order valence-corrected chi connectivity index (χ3v) is 2.79. The van der Waals surface area contributed by atoms with Gasteiger partial charge in [0.05, 0.1) is 5.02 Å². The third-order valence-electron chi connectivity index (χ3n) is 2.50. The second-order valence-electron chi connectivity index (χ2n) is 5.16. The van der Waals surface area contributed by atoms with E-state index in [1.165, 1.54) is 6.07 Å². The highest BCUT2D eigenvalue weighted by molar-refractivity contribution is 6.30. The first-order chi connectivity index (χ1) is 8.85. The molecule has 102 valence electrons. The lowest BCUT2D eigenvalue weighted by atomic mass is 10.0. The van der Waals surface area contributed by atoms with Gasteiger partial charge in [0.15, 0.2) is 5.82 Å². The van der Waals surface area contributed by atoms with Gasteiger partial charge in [-0.1, -0.05) is 28.9 Å². The van der Waals surface area contributed by atoms with E-state index in [2.05, 4.69) is 10.1 Å². The molecule has 1 aromatic carbocycles. The molecule has 19 heavy (non-hydrogen) atoms. The number of nitrogens with two attached hydrogens (primary N) is 1. The predicted octanol–water partition coefficient (Wildman–Crippen LogP) is 2.73. The van der Waals surface area contributed by atoms with Gasteiger partial charge in [0.2, 0.25) is 5.89 Å². The molecule has 0 spiro atoms. The van der Waals surface area contributed by atoms with E-state index in [0.29, 0.717) is 23.7 Å². The molecular weight excluding hydrogens is 269 g/mol. The lowest BCUT2D eigenvalue weighted by molar-refractivity contribution is 0.345. The number of hydrogen-bond acceptors (Lipinski definition) is 4. The van der Waals surface area contributed by atoms with Gasteiger partial charge in [0.1, 0.15) is 5.82 Å². The Morgan fingerprint density at radius 3 is 2.84 bits per heavy atom. The standard InChI is InChI=1S/C13H15ClFN3O/c1-13(2,16)7-11-17-10(18-19-11)6-8-4-3-5-9(14)12(8)15/h3-5H,6-7,16H2,1-2H3. The van der Waals surface area contributed by atoms with E-state index in [-0.39, 0.29) is 11.4 Å². The molecule has 0 atom stereocenters. The molecule has 0 fully saturated rings. The lowest BCUT2D eigenvalue weighted by Gasteiger charge is -2.14. The van der Waals surface area contributed by atoms with Gasteiger partial charge in [0, 0.05) is 18.4 Å². The smallest absolute Gasteiger partial charge is 0.228 e. The summed E-state index contributed by atoms with van der Waals surface area (Å²) in [6.07, 6.45) is 0.707. The van der Waals surface area contributed by atoms with Crippen molar-refractivity contribution in [3.8, 4) is 0 Å². The van der Waals surface area contributed by atoms with E-state index >= 15 is 0 Å². The summed E-state index contributed by atoms with van der Waals surface area (Å²) in [5.41, 5.74) is 5.88. The van der Waals surface area contributed by atoms with Crippen molar-refractivity contribution in [3.05, 3.63) is 46.3 Å². The van der Waals surface area contributed by atoms with Crippen molar-refractivity contribution >= 4 is 11.6 Å². The third kappa shape index (κ3) is 3.75. The Labute approximate surface area is 115 Å². The van der Waals surface area contributed by atoms with E-state index < -0.39 is 11.4 Å². The maximum absolute atomic E-state index is 13.7. The molecule has 2 rings (SSSR count). The summed E-state index contributed by atoms with van der Waals surface area (Å²) >= 11 is 5.72. The average Bonchev–Trinajstić information content (AvgIpc) is 2.70. The van der Waals surface area contributed by atoms with Gasteiger partial charge >= 0.3 is 0 Å². The molecule has 0 aliphatic carbocycles. The lowest BCUT2D eigenvalue weighted by Crippen LogP contribution is -2.34. The molecule has 0 aliphatic heterocycles. The maximum Gasteiger partial charge on any atom is 0.228 e. The zero-order valence-corrected chi connectivity index (χ0v) is 11.5. The molecule has 0 aliphatic rings. The first kappa shape index (κ1) is 14.0. The molecule has 0 saturated heterocycles. The molecule has 0 saturated carbocycles. The van der Waals surface area contributed by atoms with Gasteiger partial charge in [-0.3, -0.25) is 0 Å². The van der Waals surface area contributed by atoms with Gasteiger partial charge in [-0.2, -0.15) is 4.98 Å². The van der Waals surface area contributed by atoms with Crippen LogP contribution in [0.15, 0.2) is 22.7 Å². The fourth-order valence-electron chi connectivity index (χ4n) is 1.68. The second-order valence-corrected chi connectivity index (χ2v) is 5.57. The number of nitrogens with zero attached hydrogens (tertiary/aromatic N) is 2. The predicted molar refractivity (Wildman–Crippen MR) is 70.5 cm³/mol. The number of hydrogen-bond donors (Lipinski definition) is 1. The Morgan fingerprint density at radius 1 is 1.42 bits per heavy atom. The first-order valence-corrected chi connectivity index (χ1v) is 6.26. The van der Waals surface area contributed by atoms with Crippen LogP contribution in [0.3, 0.4) is 0 Å². The Bertz CT molecular complexity index is 578. The van der Waals surface area contributed by atoms with Crippen molar-refractivity contribution in [3.63, 3.8) is 0 Å². The molecule has 6 heteroatoms. The molecule has 1 aromatic heterocycles. The number of rotatable bonds is 4. The van der Waals surface area contributed by atoms with Crippen LogP contribution in [0.2, 0.25) is 5.02 Å². The molecule has 4 nitrogen and oxygen atoms in total. The van der Waals surface area contributed by atoms with Crippen molar-refractivity contribution < 1.29 is 8.91 Å². The molecule has 0 radical (unpaired) electrons. The van der Waals surface area contributed by atoms with E-state index in [0.717, 1.165) is 0 Å². The second kappa shape index (κ2) is 5.27. The first-order valence-electron chi connectivity index (χ1n) is 5.88. The summed E-state index contributed by atoms with van der Waals surface area (Å²) in [6.45, 7) is 3.74. The zero-order chi connectivity index (χ0) is 14.0. The van der Waals surface area contributed by atoms with Crippen molar-refractivity contribution in [2.45, 2.75) is 32.2 Å². The molecular formula is C13H15ClFN3O. The van der Waals surface area contributed by atoms with Crippen LogP contribution < -0.4 is 5.73 Å². The van der Waals surface area contributed by atoms with E-state index in [4.69, 9.17) is 21.9 Å². The fraction of sp³-hybridized carbons (Fsp3) is 0.385. The van der Waals surface area contributed by atoms with Crippen LogP contribution >= 0.6 is 11.6 Å². The minimum atomic E-state index is -0.449. The quantitative estimate of drug-likeness (QED) is 0.937. The largest absolute Gasteiger partial charge is 0.339 e. The zero-order valence-electron chi connectivity index (χ0n) is 10.8.